The van der Waals surface area contributed by atoms with Gasteiger partial charge >= 0.3 is 0 Å². The van der Waals surface area contributed by atoms with E-state index in [-0.39, 0.29) is 5.91 Å². The smallest absolute Gasteiger partial charge is 0.253 e. The molecule has 1 aliphatic rings. The summed E-state index contributed by atoms with van der Waals surface area (Å²) < 4.78 is 0. The second-order valence-corrected chi connectivity index (χ2v) is 6.36. The monoisotopic (exact) mass is 328 g/mol. The van der Waals surface area contributed by atoms with E-state index < -0.39 is 0 Å². The molecular weight excluding hydrogens is 308 g/mol. The first-order valence-electron chi connectivity index (χ1n) is 7.99. The first-order chi connectivity index (χ1) is 11.1. The molecule has 2 aromatic rings. The highest BCUT2D eigenvalue weighted by atomic mass is 35.5. The Morgan fingerprint density at radius 1 is 0.957 bits per heavy atom. The van der Waals surface area contributed by atoms with Crippen molar-refractivity contribution < 1.29 is 4.79 Å². The van der Waals surface area contributed by atoms with Gasteiger partial charge in [-0.25, -0.2) is 0 Å². The molecular formula is C19H21ClN2O. The number of piperazine rings is 1. The lowest BCUT2D eigenvalue weighted by atomic mass is 10.1. The van der Waals surface area contributed by atoms with Crippen molar-refractivity contribution in [1.29, 1.82) is 0 Å². The van der Waals surface area contributed by atoms with Crippen LogP contribution in [0.4, 0.5) is 0 Å². The van der Waals surface area contributed by atoms with Gasteiger partial charge in [-0.1, -0.05) is 41.9 Å². The molecule has 0 spiro atoms. The zero-order chi connectivity index (χ0) is 16.2. The normalized spacial score (nSPS) is 17.0. The first kappa shape index (κ1) is 16.0. The number of rotatable bonds is 3. The van der Waals surface area contributed by atoms with Gasteiger partial charge in [0, 0.05) is 42.8 Å². The van der Waals surface area contributed by atoms with Gasteiger partial charge in [0.2, 0.25) is 0 Å². The maximum absolute atomic E-state index is 12.5. The zero-order valence-electron chi connectivity index (χ0n) is 13.3. The minimum Gasteiger partial charge on any atom is -0.336 e. The van der Waals surface area contributed by atoms with Gasteiger partial charge in [0.25, 0.3) is 5.91 Å². The largest absolute Gasteiger partial charge is 0.336 e. The lowest BCUT2D eigenvalue weighted by Crippen LogP contribution is -2.49. The van der Waals surface area contributed by atoms with E-state index in [2.05, 4.69) is 36.1 Å². The standard InChI is InChI=1S/C19H21ClN2O/c1-15(16-5-3-2-4-6-16)21-11-13-22(14-12-21)19(23)17-7-9-18(20)10-8-17/h2-10,15H,11-14H2,1H3. The van der Waals surface area contributed by atoms with E-state index in [1.165, 1.54) is 5.56 Å². The van der Waals surface area contributed by atoms with Gasteiger partial charge in [0.15, 0.2) is 0 Å². The Balaban J connectivity index is 1.60. The number of carbonyl (C=O) groups is 1. The second kappa shape index (κ2) is 7.16. The SMILES string of the molecule is CC(c1ccccc1)N1CCN(C(=O)c2ccc(Cl)cc2)CC1. The van der Waals surface area contributed by atoms with Gasteiger partial charge in [0.05, 0.1) is 0 Å². The molecule has 1 aliphatic heterocycles. The van der Waals surface area contributed by atoms with Crippen molar-refractivity contribution >= 4 is 17.5 Å². The molecule has 0 radical (unpaired) electrons. The van der Waals surface area contributed by atoms with Gasteiger partial charge in [0.1, 0.15) is 0 Å². The molecule has 1 atom stereocenters. The highest BCUT2D eigenvalue weighted by Gasteiger charge is 2.25. The van der Waals surface area contributed by atoms with Crippen molar-refractivity contribution in [3.63, 3.8) is 0 Å². The predicted molar refractivity (Wildman–Crippen MR) is 93.8 cm³/mol. The molecule has 3 nitrogen and oxygen atoms in total. The summed E-state index contributed by atoms with van der Waals surface area (Å²) in [5.74, 6) is 0.0914. The van der Waals surface area contributed by atoms with Gasteiger partial charge in [-0.3, -0.25) is 9.69 Å². The Morgan fingerprint density at radius 2 is 1.57 bits per heavy atom. The third-order valence-electron chi connectivity index (χ3n) is 4.52. The molecule has 2 aromatic carbocycles. The summed E-state index contributed by atoms with van der Waals surface area (Å²) in [6.07, 6.45) is 0. The average molecular weight is 329 g/mol. The summed E-state index contributed by atoms with van der Waals surface area (Å²) >= 11 is 5.88. The second-order valence-electron chi connectivity index (χ2n) is 5.92. The Kier molecular flexibility index (Phi) is 4.99. The fourth-order valence-electron chi connectivity index (χ4n) is 3.03. The number of carbonyl (C=O) groups excluding carboxylic acids is 1. The molecule has 1 fully saturated rings. The summed E-state index contributed by atoms with van der Waals surface area (Å²) in [6, 6.07) is 18.0. The highest BCUT2D eigenvalue weighted by Crippen LogP contribution is 2.22. The molecule has 0 saturated carbocycles. The number of hydrogen-bond donors (Lipinski definition) is 0. The number of hydrogen-bond acceptors (Lipinski definition) is 2. The van der Waals surface area contributed by atoms with Crippen molar-refractivity contribution in [2.75, 3.05) is 26.2 Å². The molecule has 3 rings (SSSR count). The number of amides is 1. The van der Waals surface area contributed by atoms with Crippen LogP contribution in [-0.4, -0.2) is 41.9 Å². The van der Waals surface area contributed by atoms with E-state index in [0.29, 0.717) is 16.6 Å². The lowest BCUT2D eigenvalue weighted by Gasteiger charge is -2.38. The average Bonchev–Trinajstić information content (AvgIpc) is 2.62. The van der Waals surface area contributed by atoms with Crippen LogP contribution in [0.15, 0.2) is 54.6 Å². The van der Waals surface area contributed by atoms with Crippen LogP contribution in [0.25, 0.3) is 0 Å². The van der Waals surface area contributed by atoms with Crippen LogP contribution in [0, 0.1) is 0 Å². The van der Waals surface area contributed by atoms with Gasteiger partial charge in [-0.15, -0.1) is 0 Å². The van der Waals surface area contributed by atoms with Crippen molar-refractivity contribution in [1.82, 2.24) is 9.80 Å². The number of halogens is 1. The lowest BCUT2D eigenvalue weighted by molar-refractivity contribution is 0.0582. The van der Waals surface area contributed by atoms with Crippen LogP contribution in [0.5, 0.6) is 0 Å². The van der Waals surface area contributed by atoms with Gasteiger partial charge in [-0.05, 0) is 36.8 Å². The molecule has 1 saturated heterocycles. The fraction of sp³-hybridized carbons (Fsp3) is 0.316. The Bertz CT molecular complexity index is 649. The predicted octanol–water partition coefficient (Wildman–Crippen LogP) is 3.86. The number of nitrogens with zero attached hydrogens (tertiary/aromatic N) is 2. The van der Waals surface area contributed by atoms with Crippen LogP contribution >= 0.6 is 11.6 Å². The van der Waals surface area contributed by atoms with Gasteiger partial charge < -0.3 is 4.90 Å². The van der Waals surface area contributed by atoms with Gasteiger partial charge in [-0.2, -0.15) is 0 Å². The van der Waals surface area contributed by atoms with E-state index in [9.17, 15) is 4.79 Å². The Labute approximate surface area is 142 Å². The molecule has 0 bridgehead atoms. The molecule has 1 unspecified atom stereocenters. The quantitative estimate of drug-likeness (QED) is 0.854. The first-order valence-corrected chi connectivity index (χ1v) is 8.37. The summed E-state index contributed by atoms with van der Waals surface area (Å²) in [5, 5.41) is 0.656. The van der Waals surface area contributed by atoms with Crippen molar-refractivity contribution in [2.45, 2.75) is 13.0 Å². The van der Waals surface area contributed by atoms with Crippen LogP contribution in [-0.2, 0) is 0 Å². The molecule has 0 aromatic heterocycles. The number of benzene rings is 2. The van der Waals surface area contributed by atoms with Crippen LogP contribution in [0.2, 0.25) is 5.02 Å². The third kappa shape index (κ3) is 3.74. The molecule has 1 heterocycles. The maximum Gasteiger partial charge on any atom is 0.253 e. The van der Waals surface area contributed by atoms with Crippen molar-refractivity contribution in [3.8, 4) is 0 Å². The minimum atomic E-state index is 0.0914. The van der Waals surface area contributed by atoms with Crippen molar-refractivity contribution in [3.05, 3.63) is 70.7 Å². The van der Waals surface area contributed by atoms with E-state index in [0.717, 1.165) is 26.2 Å². The maximum atomic E-state index is 12.5. The summed E-state index contributed by atoms with van der Waals surface area (Å²) in [5.41, 5.74) is 2.03. The van der Waals surface area contributed by atoms with E-state index in [1.54, 1.807) is 24.3 Å². The van der Waals surface area contributed by atoms with Crippen LogP contribution in [0.1, 0.15) is 28.9 Å². The zero-order valence-corrected chi connectivity index (χ0v) is 14.0. The molecule has 23 heavy (non-hydrogen) atoms. The Morgan fingerprint density at radius 3 is 2.17 bits per heavy atom. The Hall–Kier alpha value is -1.84. The third-order valence-corrected chi connectivity index (χ3v) is 4.77. The fourth-order valence-corrected chi connectivity index (χ4v) is 3.16. The summed E-state index contributed by atoms with van der Waals surface area (Å²) in [6.45, 7) is 5.55. The van der Waals surface area contributed by atoms with E-state index in [4.69, 9.17) is 11.6 Å². The molecule has 0 N–H and O–H groups in total. The van der Waals surface area contributed by atoms with Crippen LogP contribution in [0.3, 0.4) is 0 Å². The molecule has 0 aliphatic carbocycles. The van der Waals surface area contributed by atoms with E-state index >= 15 is 0 Å². The van der Waals surface area contributed by atoms with E-state index in [1.807, 2.05) is 11.0 Å². The van der Waals surface area contributed by atoms with Crippen LogP contribution < -0.4 is 0 Å². The minimum absolute atomic E-state index is 0.0914. The molecule has 1 amide bonds. The topological polar surface area (TPSA) is 23.6 Å². The molecule has 120 valence electrons. The summed E-state index contributed by atoms with van der Waals surface area (Å²) in [4.78, 5) is 16.9. The highest BCUT2D eigenvalue weighted by molar-refractivity contribution is 6.30. The molecule has 4 heteroatoms. The summed E-state index contributed by atoms with van der Waals surface area (Å²) in [7, 11) is 0. The van der Waals surface area contributed by atoms with Crippen molar-refractivity contribution in [2.24, 2.45) is 0 Å².